The van der Waals surface area contributed by atoms with E-state index in [0.29, 0.717) is 39.3 Å². The van der Waals surface area contributed by atoms with Crippen LogP contribution in [0.2, 0.25) is 10.0 Å². The number of benzene rings is 3. The van der Waals surface area contributed by atoms with Crippen LogP contribution in [0, 0.1) is 0 Å². The molecule has 1 aliphatic rings. The van der Waals surface area contributed by atoms with Crippen molar-refractivity contribution < 1.29 is 19.0 Å². The van der Waals surface area contributed by atoms with E-state index >= 15 is 0 Å². The average molecular weight is 454 g/mol. The molecule has 0 aromatic heterocycles. The summed E-state index contributed by atoms with van der Waals surface area (Å²) in [6.07, 6.45) is 1.60. The van der Waals surface area contributed by atoms with Gasteiger partial charge in [0.1, 0.15) is 6.61 Å². The molecule has 0 fully saturated rings. The van der Waals surface area contributed by atoms with E-state index in [1.54, 1.807) is 61.7 Å². The van der Waals surface area contributed by atoms with Gasteiger partial charge in [-0.1, -0.05) is 59.6 Å². The van der Waals surface area contributed by atoms with Crippen LogP contribution in [0.15, 0.2) is 77.4 Å². The Kier molecular flexibility index (Phi) is 6.26. The Morgan fingerprint density at radius 3 is 2.52 bits per heavy atom. The molecule has 0 atom stereocenters. The van der Waals surface area contributed by atoms with Crippen LogP contribution in [-0.2, 0) is 16.1 Å². The molecular formula is C24H17Cl2NO4. The number of para-hydroxylation sites is 1. The van der Waals surface area contributed by atoms with E-state index in [4.69, 9.17) is 37.4 Å². The van der Waals surface area contributed by atoms with Crippen molar-refractivity contribution in [2.24, 2.45) is 4.99 Å². The van der Waals surface area contributed by atoms with Crippen molar-refractivity contribution in [3.63, 3.8) is 0 Å². The number of halogens is 2. The highest BCUT2D eigenvalue weighted by Crippen LogP contribution is 2.34. The maximum absolute atomic E-state index is 12.4. The number of aliphatic imine (C=N–C) groups is 1. The van der Waals surface area contributed by atoms with Gasteiger partial charge < -0.3 is 14.2 Å². The molecule has 3 aromatic rings. The molecule has 0 radical (unpaired) electrons. The number of hydrogen-bond acceptors (Lipinski definition) is 5. The predicted molar refractivity (Wildman–Crippen MR) is 121 cm³/mol. The zero-order chi connectivity index (χ0) is 21.8. The highest BCUT2D eigenvalue weighted by molar-refractivity contribution is 6.34. The first kappa shape index (κ1) is 21.0. The zero-order valence-electron chi connectivity index (χ0n) is 16.5. The molecule has 3 aromatic carbocycles. The van der Waals surface area contributed by atoms with Gasteiger partial charge in [0.25, 0.3) is 0 Å². The Bertz CT molecular complexity index is 1190. The molecular weight excluding hydrogens is 437 g/mol. The lowest BCUT2D eigenvalue weighted by atomic mass is 10.1. The van der Waals surface area contributed by atoms with Gasteiger partial charge >= 0.3 is 5.97 Å². The van der Waals surface area contributed by atoms with Crippen LogP contribution in [-0.4, -0.2) is 19.0 Å². The Labute approximate surface area is 189 Å². The van der Waals surface area contributed by atoms with Crippen LogP contribution in [0.4, 0.5) is 0 Å². The van der Waals surface area contributed by atoms with Gasteiger partial charge in [-0.25, -0.2) is 9.79 Å². The van der Waals surface area contributed by atoms with Crippen LogP contribution in [0.5, 0.6) is 11.5 Å². The summed E-state index contributed by atoms with van der Waals surface area (Å²) in [5.74, 6) is 0.612. The van der Waals surface area contributed by atoms with Gasteiger partial charge in [0.05, 0.1) is 17.7 Å². The van der Waals surface area contributed by atoms with Crippen molar-refractivity contribution in [1.82, 2.24) is 0 Å². The summed E-state index contributed by atoms with van der Waals surface area (Å²) in [6.45, 7) is 0.298. The summed E-state index contributed by atoms with van der Waals surface area (Å²) in [5.41, 5.74) is 2.25. The number of hydrogen-bond donors (Lipinski definition) is 0. The SMILES string of the molecule is COc1cccc(/C=C2\N=C(c3ccccc3Cl)OC2=O)c1OCc1ccc(Cl)cc1. The van der Waals surface area contributed by atoms with Crippen LogP contribution < -0.4 is 9.47 Å². The molecule has 156 valence electrons. The second-order valence-corrected chi connectivity index (χ2v) is 7.45. The fraction of sp³-hybridized carbons (Fsp3) is 0.0833. The molecule has 31 heavy (non-hydrogen) atoms. The first-order chi connectivity index (χ1) is 15.0. The Hall–Kier alpha value is -3.28. The molecule has 0 saturated carbocycles. The molecule has 7 heteroatoms. The van der Waals surface area contributed by atoms with Crippen molar-refractivity contribution in [2.75, 3.05) is 7.11 Å². The summed E-state index contributed by atoms with van der Waals surface area (Å²) >= 11 is 12.1. The minimum Gasteiger partial charge on any atom is -0.493 e. The van der Waals surface area contributed by atoms with Gasteiger partial charge in [-0.3, -0.25) is 0 Å². The third-order valence-electron chi connectivity index (χ3n) is 4.54. The largest absolute Gasteiger partial charge is 0.493 e. The zero-order valence-corrected chi connectivity index (χ0v) is 18.0. The first-order valence-electron chi connectivity index (χ1n) is 9.37. The van der Waals surface area contributed by atoms with Crippen molar-refractivity contribution >= 4 is 41.1 Å². The Morgan fingerprint density at radius 1 is 1.00 bits per heavy atom. The number of methoxy groups -OCH3 is 1. The highest BCUT2D eigenvalue weighted by Gasteiger charge is 2.26. The molecule has 1 heterocycles. The summed E-state index contributed by atoms with van der Waals surface area (Å²) in [6, 6.07) is 19.8. The number of cyclic esters (lactones) is 1. The second kappa shape index (κ2) is 9.25. The summed E-state index contributed by atoms with van der Waals surface area (Å²) in [7, 11) is 1.55. The Morgan fingerprint density at radius 2 is 1.77 bits per heavy atom. The van der Waals surface area contributed by atoms with Crippen LogP contribution in [0.1, 0.15) is 16.7 Å². The predicted octanol–water partition coefficient (Wildman–Crippen LogP) is 5.93. The monoisotopic (exact) mass is 453 g/mol. The Balaban J connectivity index is 1.66. The van der Waals surface area contributed by atoms with Gasteiger partial charge in [0.2, 0.25) is 5.90 Å². The molecule has 0 bridgehead atoms. The molecule has 0 aliphatic carbocycles. The van der Waals surface area contributed by atoms with Crippen molar-refractivity contribution in [3.05, 3.63) is 99.2 Å². The van der Waals surface area contributed by atoms with E-state index in [2.05, 4.69) is 4.99 Å². The molecule has 0 N–H and O–H groups in total. The highest BCUT2D eigenvalue weighted by atomic mass is 35.5. The van der Waals surface area contributed by atoms with Crippen molar-refractivity contribution in [1.29, 1.82) is 0 Å². The molecule has 0 spiro atoms. The number of nitrogens with zero attached hydrogens (tertiary/aromatic N) is 1. The lowest BCUT2D eigenvalue weighted by Gasteiger charge is -2.13. The van der Waals surface area contributed by atoms with Gasteiger partial charge in [-0.05, 0) is 42.0 Å². The lowest BCUT2D eigenvalue weighted by molar-refractivity contribution is -0.129. The number of ether oxygens (including phenoxy) is 3. The van der Waals surface area contributed by atoms with Gasteiger partial charge in [0.15, 0.2) is 17.2 Å². The number of rotatable bonds is 6. The molecule has 0 unspecified atom stereocenters. The van der Waals surface area contributed by atoms with E-state index in [9.17, 15) is 4.79 Å². The summed E-state index contributed by atoms with van der Waals surface area (Å²) in [4.78, 5) is 16.7. The van der Waals surface area contributed by atoms with Crippen molar-refractivity contribution in [2.45, 2.75) is 6.61 Å². The second-order valence-electron chi connectivity index (χ2n) is 6.61. The first-order valence-corrected chi connectivity index (χ1v) is 10.1. The molecule has 0 amide bonds. The van der Waals surface area contributed by atoms with Gasteiger partial charge in [-0.2, -0.15) is 0 Å². The number of esters is 1. The lowest BCUT2D eigenvalue weighted by Crippen LogP contribution is -2.05. The molecule has 0 saturated heterocycles. The maximum atomic E-state index is 12.4. The van der Waals surface area contributed by atoms with Gasteiger partial charge in [-0.15, -0.1) is 0 Å². The third kappa shape index (κ3) is 4.74. The van der Waals surface area contributed by atoms with Crippen LogP contribution >= 0.6 is 23.2 Å². The van der Waals surface area contributed by atoms with Crippen LogP contribution in [0.25, 0.3) is 6.08 Å². The molecule has 5 nitrogen and oxygen atoms in total. The van der Waals surface area contributed by atoms with E-state index in [0.717, 1.165) is 5.56 Å². The van der Waals surface area contributed by atoms with E-state index in [-0.39, 0.29) is 11.6 Å². The molecule has 1 aliphatic heterocycles. The van der Waals surface area contributed by atoms with Crippen molar-refractivity contribution in [3.8, 4) is 11.5 Å². The standard InChI is InChI=1S/C24H17Cl2NO4/c1-29-21-8-4-5-16(22(21)30-14-15-9-11-17(25)12-10-15)13-20-24(28)31-23(27-20)18-6-2-3-7-19(18)26/h2-13H,14H2,1H3/b20-13-. The van der Waals surface area contributed by atoms with Gasteiger partial charge in [0, 0.05) is 10.6 Å². The van der Waals surface area contributed by atoms with E-state index in [1.165, 1.54) is 0 Å². The average Bonchev–Trinajstić information content (AvgIpc) is 3.14. The smallest absolute Gasteiger partial charge is 0.363 e. The minimum atomic E-state index is -0.568. The molecule has 4 rings (SSSR count). The van der Waals surface area contributed by atoms with E-state index < -0.39 is 5.97 Å². The topological polar surface area (TPSA) is 57.1 Å². The van der Waals surface area contributed by atoms with E-state index in [1.807, 2.05) is 18.2 Å². The normalized spacial score (nSPS) is 14.4. The number of carbonyl (C=O) groups is 1. The third-order valence-corrected chi connectivity index (χ3v) is 5.12. The summed E-state index contributed by atoms with van der Waals surface area (Å²) in [5, 5.41) is 1.10. The number of carbonyl (C=O) groups excluding carboxylic acids is 1. The quantitative estimate of drug-likeness (QED) is 0.343. The fourth-order valence-electron chi connectivity index (χ4n) is 3.00. The van der Waals surface area contributed by atoms with Crippen LogP contribution in [0.3, 0.4) is 0 Å². The fourth-order valence-corrected chi connectivity index (χ4v) is 3.35. The summed E-state index contributed by atoms with van der Waals surface area (Å²) < 4.78 is 16.8. The minimum absolute atomic E-state index is 0.138. The maximum Gasteiger partial charge on any atom is 0.363 e.